The summed E-state index contributed by atoms with van der Waals surface area (Å²) in [6.45, 7) is 0.106. The monoisotopic (exact) mass is 237 g/mol. The van der Waals surface area contributed by atoms with Crippen LogP contribution in [0.2, 0.25) is 0 Å². The summed E-state index contributed by atoms with van der Waals surface area (Å²) in [5, 5.41) is 9.35. The van der Waals surface area contributed by atoms with Crippen molar-refractivity contribution in [1.29, 1.82) is 0 Å². The standard InChI is InChI=1S/C10H11N3O2S/c1-2-5-13(6-8(14)15)10-11-9(12-16-10)7-3-4-7/h1,7H,3-6H2,(H,14,15). The molecule has 2 rings (SSSR count). The van der Waals surface area contributed by atoms with Crippen LogP contribution in [-0.2, 0) is 4.79 Å². The summed E-state index contributed by atoms with van der Waals surface area (Å²) in [7, 11) is 0. The third-order valence-electron chi connectivity index (χ3n) is 2.25. The fourth-order valence-electron chi connectivity index (χ4n) is 1.33. The summed E-state index contributed by atoms with van der Waals surface area (Å²) in [6, 6.07) is 0. The summed E-state index contributed by atoms with van der Waals surface area (Å²) in [6.07, 6.45) is 7.45. The van der Waals surface area contributed by atoms with Gasteiger partial charge in [-0.3, -0.25) is 4.79 Å². The van der Waals surface area contributed by atoms with Crippen LogP contribution in [0.4, 0.5) is 5.13 Å². The van der Waals surface area contributed by atoms with E-state index in [-0.39, 0.29) is 13.1 Å². The maximum atomic E-state index is 10.7. The van der Waals surface area contributed by atoms with Gasteiger partial charge < -0.3 is 10.0 Å². The molecular formula is C10H11N3O2S. The molecule has 1 aliphatic carbocycles. The van der Waals surface area contributed by atoms with E-state index < -0.39 is 5.97 Å². The van der Waals surface area contributed by atoms with Gasteiger partial charge in [0.15, 0.2) is 0 Å². The SMILES string of the molecule is C#CCN(CC(=O)O)c1nc(C2CC2)ns1. The van der Waals surface area contributed by atoms with Crippen LogP contribution in [0.5, 0.6) is 0 Å². The number of hydrogen-bond donors (Lipinski definition) is 1. The quantitative estimate of drug-likeness (QED) is 0.772. The summed E-state index contributed by atoms with van der Waals surface area (Å²) < 4.78 is 4.22. The predicted octanol–water partition coefficient (Wildman–Crippen LogP) is 0.940. The van der Waals surface area contributed by atoms with Gasteiger partial charge in [0.2, 0.25) is 5.13 Å². The van der Waals surface area contributed by atoms with E-state index in [2.05, 4.69) is 15.3 Å². The van der Waals surface area contributed by atoms with Gasteiger partial charge in [0, 0.05) is 17.5 Å². The average Bonchev–Trinajstić information content (AvgIpc) is 2.96. The van der Waals surface area contributed by atoms with Crippen LogP contribution in [0.1, 0.15) is 24.6 Å². The first kappa shape index (κ1) is 10.9. The van der Waals surface area contributed by atoms with Crippen molar-refractivity contribution < 1.29 is 9.90 Å². The third kappa shape index (κ3) is 2.49. The zero-order valence-corrected chi connectivity index (χ0v) is 9.40. The molecule has 0 amide bonds. The number of carboxylic acid groups (broad SMARTS) is 1. The Hall–Kier alpha value is -1.61. The molecule has 0 unspecified atom stereocenters. The lowest BCUT2D eigenvalue weighted by Crippen LogP contribution is -2.29. The highest BCUT2D eigenvalue weighted by Crippen LogP contribution is 2.39. The molecule has 1 aliphatic rings. The number of anilines is 1. The van der Waals surface area contributed by atoms with E-state index in [0.29, 0.717) is 11.0 Å². The van der Waals surface area contributed by atoms with Crippen molar-refractivity contribution in [3.8, 4) is 12.3 Å². The molecule has 5 nitrogen and oxygen atoms in total. The highest BCUT2D eigenvalue weighted by molar-refractivity contribution is 7.09. The van der Waals surface area contributed by atoms with Crippen molar-refractivity contribution in [2.75, 3.05) is 18.0 Å². The number of hydrogen-bond acceptors (Lipinski definition) is 5. The van der Waals surface area contributed by atoms with Gasteiger partial charge in [-0.05, 0) is 12.8 Å². The topological polar surface area (TPSA) is 66.3 Å². The molecule has 0 aromatic carbocycles. The lowest BCUT2D eigenvalue weighted by Gasteiger charge is -2.15. The Morgan fingerprint density at radius 2 is 2.44 bits per heavy atom. The van der Waals surface area contributed by atoms with E-state index in [1.54, 1.807) is 4.90 Å². The lowest BCUT2D eigenvalue weighted by atomic mass is 10.4. The van der Waals surface area contributed by atoms with E-state index in [4.69, 9.17) is 11.5 Å². The Labute approximate surface area is 97.3 Å². The summed E-state index contributed by atoms with van der Waals surface area (Å²) >= 11 is 1.21. The van der Waals surface area contributed by atoms with Gasteiger partial charge in [0.05, 0.1) is 6.54 Å². The van der Waals surface area contributed by atoms with Crippen LogP contribution in [0.15, 0.2) is 0 Å². The zero-order chi connectivity index (χ0) is 11.5. The van der Waals surface area contributed by atoms with Gasteiger partial charge in [-0.2, -0.15) is 4.37 Å². The van der Waals surface area contributed by atoms with Crippen molar-refractivity contribution in [3.63, 3.8) is 0 Å². The maximum Gasteiger partial charge on any atom is 0.323 e. The molecule has 0 atom stereocenters. The van der Waals surface area contributed by atoms with Crippen molar-refractivity contribution in [2.45, 2.75) is 18.8 Å². The Bertz CT molecular complexity index is 434. The molecule has 0 bridgehead atoms. The average molecular weight is 237 g/mol. The first-order valence-electron chi connectivity index (χ1n) is 4.94. The molecule has 16 heavy (non-hydrogen) atoms. The number of carboxylic acids is 1. The molecule has 0 radical (unpaired) electrons. The Morgan fingerprint density at radius 1 is 1.69 bits per heavy atom. The number of nitrogens with zero attached hydrogens (tertiary/aromatic N) is 3. The zero-order valence-electron chi connectivity index (χ0n) is 8.59. The fourth-order valence-corrected chi connectivity index (χ4v) is 2.07. The minimum atomic E-state index is -0.918. The van der Waals surface area contributed by atoms with E-state index in [1.807, 2.05) is 0 Å². The Kier molecular flexibility index (Phi) is 3.06. The second kappa shape index (κ2) is 4.49. The second-order valence-corrected chi connectivity index (χ2v) is 4.39. The number of carbonyl (C=O) groups is 1. The first-order valence-corrected chi connectivity index (χ1v) is 5.72. The van der Waals surface area contributed by atoms with Crippen LogP contribution in [-0.4, -0.2) is 33.5 Å². The predicted molar refractivity (Wildman–Crippen MR) is 60.6 cm³/mol. The molecule has 0 aliphatic heterocycles. The van der Waals surface area contributed by atoms with E-state index >= 15 is 0 Å². The normalized spacial score (nSPS) is 14.4. The molecule has 1 aromatic heterocycles. The lowest BCUT2D eigenvalue weighted by molar-refractivity contribution is -0.135. The van der Waals surface area contributed by atoms with Crippen LogP contribution >= 0.6 is 11.5 Å². The molecule has 84 valence electrons. The molecule has 1 heterocycles. The number of aliphatic carboxylic acids is 1. The van der Waals surface area contributed by atoms with Crippen LogP contribution in [0, 0.1) is 12.3 Å². The number of terminal acetylenes is 1. The smallest absolute Gasteiger partial charge is 0.323 e. The third-order valence-corrected chi connectivity index (χ3v) is 3.04. The van der Waals surface area contributed by atoms with Crippen molar-refractivity contribution >= 4 is 22.6 Å². The molecule has 1 aromatic rings. The van der Waals surface area contributed by atoms with Gasteiger partial charge in [-0.1, -0.05) is 5.92 Å². The first-order chi connectivity index (χ1) is 7.70. The van der Waals surface area contributed by atoms with Gasteiger partial charge >= 0.3 is 5.97 Å². The molecule has 0 saturated heterocycles. The fraction of sp³-hybridized carbons (Fsp3) is 0.500. The van der Waals surface area contributed by atoms with E-state index in [9.17, 15) is 4.79 Å². The number of aromatic nitrogens is 2. The highest BCUT2D eigenvalue weighted by Gasteiger charge is 2.28. The molecule has 1 N–H and O–H groups in total. The molecule has 0 spiro atoms. The van der Waals surface area contributed by atoms with Crippen molar-refractivity contribution in [2.24, 2.45) is 0 Å². The van der Waals surface area contributed by atoms with E-state index in [0.717, 1.165) is 18.7 Å². The largest absolute Gasteiger partial charge is 0.480 e. The van der Waals surface area contributed by atoms with E-state index in [1.165, 1.54) is 11.5 Å². The molecule has 1 fully saturated rings. The minimum absolute atomic E-state index is 0.135. The number of rotatable bonds is 5. The Balaban J connectivity index is 2.10. The van der Waals surface area contributed by atoms with Crippen molar-refractivity contribution in [1.82, 2.24) is 9.36 Å². The van der Waals surface area contributed by atoms with Gasteiger partial charge in [-0.15, -0.1) is 6.42 Å². The minimum Gasteiger partial charge on any atom is -0.480 e. The molecule has 6 heteroatoms. The Morgan fingerprint density at radius 3 is 3.00 bits per heavy atom. The summed E-state index contributed by atoms with van der Waals surface area (Å²) in [5.41, 5.74) is 0. The van der Waals surface area contributed by atoms with Crippen molar-refractivity contribution in [3.05, 3.63) is 5.82 Å². The van der Waals surface area contributed by atoms with Gasteiger partial charge in [0.25, 0.3) is 0 Å². The van der Waals surface area contributed by atoms with Crippen LogP contribution < -0.4 is 4.90 Å². The molecule has 1 saturated carbocycles. The second-order valence-electron chi connectivity index (χ2n) is 3.66. The highest BCUT2D eigenvalue weighted by atomic mass is 32.1. The summed E-state index contributed by atoms with van der Waals surface area (Å²) in [5.74, 6) is 2.81. The van der Waals surface area contributed by atoms with Crippen LogP contribution in [0.25, 0.3) is 0 Å². The van der Waals surface area contributed by atoms with Gasteiger partial charge in [0.1, 0.15) is 12.4 Å². The van der Waals surface area contributed by atoms with Gasteiger partial charge in [-0.25, -0.2) is 4.98 Å². The maximum absolute atomic E-state index is 10.7. The van der Waals surface area contributed by atoms with Crippen LogP contribution in [0.3, 0.4) is 0 Å². The summed E-state index contributed by atoms with van der Waals surface area (Å²) in [4.78, 5) is 16.5. The molecular weight excluding hydrogens is 226 g/mol.